The molecule has 3 N–H and O–H groups in total. The highest BCUT2D eigenvalue weighted by Crippen LogP contribution is 2.34. The third kappa shape index (κ3) is 2.19. The van der Waals surface area contributed by atoms with E-state index < -0.39 is 5.97 Å². The van der Waals surface area contributed by atoms with Crippen LogP contribution < -0.4 is 10.3 Å². The molecule has 0 unspecified atom stereocenters. The van der Waals surface area contributed by atoms with Crippen LogP contribution in [0, 0.1) is 0 Å². The van der Waals surface area contributed by atoms with E-state index in [1.54, 1.807) is 41.2 Å². The Hall–Kier alpha value is -1.86. The van der Waals surface area contributed by atoms with Gasteiger partial charge in [-0.1, -0.05) is 0 Å². The van der Waals surface area contributed by atoms with Gasteiger partial charge in [0.2, 0.25) is 5.91 Å². The van der Waals surface area contributed by atoms with E-state index in [4.69, 9.17) is 10.8 Å². The predicted molar refractivity (Wildman–Crippen MR) is 72.7 cm³/mol. The average molecular weight is 292 g/mol. The summed E-state index contributed by atoms with van der Waals surface area (Å²) >= 11 is 1.66. The van der Waals surface area contributed by atoms with Gasteiger partial charge in [-0.15, -0.1) is 11.8 Å². The number of carbonyl (C=O) groups excluding carboxylic acids is 1. The lowest BCUT2D eigenvalue weighted by Gasteiger charge is -2.45. The highest BCUT2D eigenvalue weighted by Gasteiger charge is 2.46. The minimum Gasteiger partial charge on any atom is -0.478 e. The van der Waals surface area contributed by atoms with Crippen LogP contribution in [0.4, 0.5) is 0 Å². The molecule has 1 aromatic rings. The lowest BCUT2D eigenvalue weighted by Crippen LogP contribution is -2.66. The molecule has 1 saturated heterocycles. The van der Waals surface area contributed by atoms with Gasteiger partial charge in [-0.2, -0.15) is 0 Å². The van der Waals surface area contributed by atoms with Gasteiger partial charge in [0, 0.05) is 29.7 Å². The summed E-state index contributed by atoms with van der Waals surface area (Å²) in [5, 5.41) is 8.92. The number of pyridine rings is 1. The molecule has 0 aliphatic carbocycles. The number of thioether (sulfide) groups is 1. The summed E-state index contributed by atoms with van der Waals surface area (Å²) in [7, 11) is 0. The minimum atomic E-state index is -0.937. The van der Waals surface area contributed by atoms with E-state index in [0.717, 1.165) is 11.3 Å². The molecule has 104 valence electrons. The van der Waals surface area contributed by atoms with Gasteiger partial charge in [0.25, 0.3) is 0 Å². The molecule has 0 spiro atoms. The third-order valence-electron chi connectivity index (χ3n) is 3.41. The first-order valence-corrected chi connectivity index (χ1v) is 7.22. The van der Waals surface area contributed by atoms with Crippen LogP contribution in [0.3, 0.4) is 0 Å². The number of carbonyl (C=O) groups is 2. The Morgan fingerprint density at radius 3 is 2.85 bits per heavy atom. The van der Waals surface area contributed by atoms with Crippen LogP contribution in [0.1, 0.15) is 10.4 Å². The summed E-state index contributed by atoms with van der Waals surface area (Å²) in [6, 6.07) is 2.75. The zero-order chi connectivity index (χ0) is 14.3. The summed E-state index contributed by atoms with van der Waals surface area (Å²) in [4.78, 5) is 24.0. The van der Waals surface area contributed by atoms with Crippen LogP contribution in [0.2, 0.25) is 0 Å². The van der Waals surface area contributed by atoms with Crippen LogP contribution in [-0.4, -0.2) is 39.1 Å². The van der Waals surface area contributed by atoms with Gasteiger partial charge < -0.3 is 15.7 Å². The zero-order valence-corrected chi connectivity index (χ0v) is 11.4. The van der Waals surface area contributed by atoms with E-state index in [2.05, 4.69) is 0 Å². The Morgan fingerprint density at radius 2 is 2.20 bits per heavy atom. The van der Waals surface area contributed by atoms with Crippen molar-refractivity contribution in [3.63, 3.8) is 0 Å². The summed E-state index contributed by atoms with van der Waals surface area (Å²) < 4.78 is 1.89. The Balaban J connectivity index is 1.71. The molecular formula is C13H14N3O3S+. The van der Waals surface area contributed by atoms with Gasteiger partial charge in [0.15, 0.2) is 18.9 Å². The van der Waals surface area contributed by atoms with Crippen LogP contribution in [0.5, 0.6) is 0 Å². The molecule has 2 atom stereocenters. The van der Waals surface area contributed by atoms with Crippen molar-refractivity contribution in [2.75, 3.05) is 5.75 Å². The number of nitrogens with two attached hydrogens (primary N) is 1. The van der Waals surface area contributed by atoms with Crippen LogP contribution in [0.25, 0.3) is 0 Å². The van der Waals surface area contributed by atoms with Crippen molar-refractivity contribution in [3.05, 3.63) is 41.9 Å². The number of hydrogen-bond acceptors (Lipinski definition) is 4. The molecule has 1 aromatic heterocycles. The molecule has 0 bridgehead atoms. The fourth-order valence-electron chi connectivity index (χ4n) is 2.28. The number of hydrogen-bond donors (Lipinski definition) is 2. The Morgan fingerprint density at radius 1 is 1.50 bits per heavy atom. The number of carboxylic acids is 1. The van der Waals surface area contributed by atoms with E-state index in [1.807, 2.05) is 10.8 Å². The highest BCUT2D eigenvalue weighted by molar-refractivity contribution is 8.00. The molecule has 2 aliphatic rings. The van der Waals surface area contributed by atoms with Crippen molar-refractivity contribution in [1.82, 2.24) is 4.90 Å². The Kier molecular flexibility index (Phi) is 3.23. The summed E-state index contributed by atoms with van der Waals surface area (Å²) in [5.41, 5.74) is 7.09. The van der Waals surface area contributed by atoms with E-state index in [9.17, 15) is 9.59 Å². The molecule has 20 heavy (non-hydrogen) atoms. The normalized spacial score (nSPS) is 24.8. The lowest BCUT2D eigenvalue weighted by molar-refractivity contribution is -0.689. The van der Waals surface area contributed by atoms with Crippen molar-refractivity contribution in [2.24, 2.45) is 5.73 Å². The first-order valence-electron chi connectivity index (χ1n) is 6.17. The molecule has 3 heterocycles. The molecule has 1 amide bonds. The first kappa shape index (κ1) is 13.1. The van der Waals surface area contributed by atoms with E-state index in [-0.39, 0.29) is 22.9 Å². The SMILES string of the molecule is N[C@@H]1C(=O)N2C=C(C[n+]3ccc(C(=O)O)cc3)CS[C@@H]12. The Labute approximate surface area is 119 Å². The predicted octanol–water partition coefficient (Wildman–Crippen LogP) is -0.201. The van der Waals surface area contributed by atoms with Crippen LogP contribution in [-0.2, 0) is 11.3 Å². The fraction of sp³-hybridized carbons (Fsp3) is 0.308. The molecule has 2 aliphatic heterocycles. The Bertz CT molecular complexity index is 599. The van der Waals surface area contributed by atoms with Crippen molar-refractivity contribution in [3.8, 4) is 0 Å². The second-order valence-corrected chi connectivity index (χ2v) is 5.93. The average Bonchev–Trinajstić information content (AvgIpc) is 2.47. The van der Waals surface area contributed by atoms with E-state index >= 15 is 0 Å². The number of nitrogens with zero attached hydrogens (tertiary/aromatic N) is 2. The number of amides is 1. The minimum absolute atomic E-state index is 0.0362. The van der Waals surface area contributed by atoms with Gasteiger partial charge in [-0.3, -0.25) is 4.79 Å². The monoisotopic (exact) mass is 292 g/mol. The number of fused-ring (bicyclic) bond motifs is 1. The molecule has 3 rings (SSSR count). The topological polar surface area (TPSA) is 87.5 Å². The van der Waals surface area contributed by atoms with Crippen molar-refractivity contribution < 1.29 is 19.3 Å². The maximum Gasteiger partial charge on any atom is 0.336 e. The van der Waals surface area contributed by atoms with Crippen LogP contribution >= 0.6 is 11.8 Å². The summed E-state index contributed by atoms with van der Waals surface area (Å²) in [5.74, 6) is -0.144. The third-order valence-corrected chi connectivity index (χ3v) is 4.81. The largest absolute Gasteiger partial charge is 0.478 e. The van der Waals surface area contributed by atoms with Crippen molar-refractivity contribution in [1.29, 1.82) is 0 Å². The summed E-state index contributed by atoms with van der Waals surface area (Å²) in [6.07, 6.45) is 5.32. The smallest absolute Gasteiger partial charge is 0.336 e. The number of aromatic nitrogens is 1. The van der Waals surface area contributed by atoms with Gasteiger partial charge in [0.05, 0.1) is 5.56 Å². The van der Waals surface area contributed by atoms with Gasteiger partial charge in [0.1, 0.15) is 11.4 Å². The maximum atomic E-state index is 11.6. The highest BCUT2D eigenvalue weighted by atomic mass is 32.2. The van der Waals surface area contributed by atoms with Gasteiger partial charge in [-0.05, 0) is 0 Å². The van der Waals surface area contributed by atoms with Crippen LogP contribution in [0.15, 0.2) is 36.3 Å². The first-order chi connectivity index (χ1) is 9.56. The number of β-lactam (4-membered cyclic amide) rings is 1. The lowest BCUT2D eigenvalue weighted by atomic mass is 10.1. The van der Waals surface area contributed by atoms with Gasteiger partial charge in [-0.25, -0.2) is 9.36 Å². The quantitative estimate of drug-likeness (QED) is 0.595. The van der Waals surface area contributed by atoms with E-state index in [0.29, 0.717) is 6.54 Å². The molecule has 1 fully saturated rings. The zero-order valence-electron chi connectivity index (χ0n) is 10.6. The molecule has 0 radical (unpaired) electrons. The second-order valence-electron chi connectivity index (χ2n) is 4.82. The molecule has 0 saturated carbocycles. The number of rotatable bonds is 3. The molecule has 0 aromatic carbocycles. The number of carboxylic acid groups (broad SMARTS) is 1. The maximum absolute atomic E-state index is 11.6. The fourth-order valence-corrected chi connectivity index (χ4v) is 3.48. The molecular weight excluding hydrogens is 278 g/mol. The molecule has 7 heteroatoms. The number of aromatic carboxylic acids is 1. The second kappa shape index (κ2) is 4.92. The standard InChI is InChI=1S/C13H13N3O3S/c14-10-11(17)16-6-8(7-20-12(10)16)5-15-3-1-9(2-4-15)13(18)19/h1-4,6,10,12H,5,7,14H2/p+1/t10-,12+/m1/s1. The van der Waals surface area contributed by atoms with Gasteiger partial charge >= 0.3 is 5.97 Å². The van der Waals surface area contributed by atoms with E-state index in [1.165, 1.54) is 0 Å². The molecule has 6 nitrogen and oxygen atoms in total. The summed E-state index contributed by atoms with van der Waals surface area (Å²) in [6.45, 7) is 0.638. The van der Waals surface area contributed by atoms with Crippen molar-refractivity contribution in [2.45, 2.75) is 18.0 Å². The van der Waals surface area contributed by atoms with Crippen molar-refractivity contribution >= 4 is 23.6 Å².